The summed E-state index contributed by atoms with van der Waals surface area (Å²) in [4.78, 5) is 27.3. The minimum absolute atomic E-state index is 0.0195. The molecule has 2 aliphatic heterocycles. The molecule has 2 aromatic carbocycles. The third-order valence-electron chi connectivity index (χ3n) is 5.52. The standard InChI is InChI=1S/C25H25ClN2O5S2/c1-15-5-7-17(8-6-15)27-22(29)14-33-23-19(26)10-16(11-20(23)31-2)12-21-24(30)28(25(34)35-21)13-18-4-3-9-32-18/h5-8,10-12,18H,3-4,9,13-14H2,1-2H3,(H,27,29)/b21-12-/t18-/m0/s1. The van der Waals surface area contributed by atoms with Crippen LogP contribution < -0.4 is 14.8 Å². The number of nitrogens with zero attached hydrogens (tertiary/aromatic N) is 1. The number of methoxy groups -OCH3 is 1. The molecule has 35 heavy (non-hydrogen) atoms. The zero-order valence-electron chi connectivity index (χ0n) is 19.3. The average molecular weight is 533 g/mol. The van der Waals surface area contributed by atoms with E-state index in [0.29, 0.717) is 32.8 Å². The van der Waals surface area contributed by atoms with E-state index in [2.05, 4.69) is 5.32 Å². The van der Waals surface area contributed by atoms with Crippen LogP contribution in [0, 0.1) is 6.92 Å². The highest BCUT2D eigenvalue weighted by Crippen LogP contribution is 2.39. The predicted molar refractivity (Wildman–Crippen MR) is 142 cm³/mol. The molecule has 0 aliphatic carbocycles. The predicted octanol–water partition coefficient (Wildman–Crippen LogP) is 5.05. The van der Waals surface area contributed by atoms with E-state index in [1.165, 1.54) is 18.9 Å². The number of anilines is 1. The number of rotatable bonds is 8. The molecule has 1 atom stereocenters. The molecule has 0 bridgehead atoms. The van der Waals surface area contributed by atoms with Crippen LogP contribution in [0.25, 0.3) is 6.08 Å². The average Bonchev–Trinajstić information content (AvgIpc) is 3.43. The van der Waals surface area contributed by atoms with Crippen molar-refractivity contribution in [3.8, 4) is 11.5 Å². The van der Waals surface area contributed by atoms with Crippen LogP contribution in [0.4, 0.5) is 5.69 Å². The van der Waals surface area contributed by atoms with Gasteiger partial charge in [-0.15, -0.1) is 0 Å². The van der Waals surface area contributed by atoms with Gasteiger partial charge in [0.1, 0.15) is 4.32 Å². The second-order valence-electron chi connectivity index (χ2n) is 8.16. The summed E-state index contributed by atoms with van der Waals surface area (Å²) in [7, 11) is 1.48. The summed E-state index contributed by atoms with van der Waals surface area (Å²) < 4.78 is 17.3. The first kappa shape index (κ1) is 25.5. The molecule has 4 rings (SSSR count). The fourth-order valence-corrected chi connectivity index (χ4v) is 5.28. The van der Waals surface area contributed by atoms with Crippen LogP contribution >= 0.6 is 35.6 Å². The summed E-state index contributed by atoms with van der Waals surface area (Å²) in [6.45, 7) is 2.91. The van der Waals surface area contributed by atoms with Gasteiger partial charge < -0.3 is 19.5 Å². The van der Waals surface area contributed by atoms with E-state index < -0.39 is 0 Å². The monoisotopic (exact) mass is 532 g/mol. The number of carbonyl (C=O) groups is 2. The summed E-state index contributed by atoms with van der Waals surface area (Å²) in [6, 6.07) is 10.8. The first-order valence-electron chi connectivity index (χ1n) is 11.1. The van der Waals surface area contributed by atoms with E-state index >= 15 is 0 Å². The van der Waals surface area contributed by atoms with Gasteiger partial charge in [-0.05, 0) is 55.7 Å². The maximum Gasteiger partial charge on any atom is 0.266 e. The third-order valence-corrected chi connectivity index (χ3v) is 7.17. The van der Waals surface area contributed by atoms with Gasteiger partial charge in [-0.2, -0.15) is 0 Å². The van der Waals surface area contributed by atoms with Crippen molar-refractivity contribution in [3.05, 3.63) is 57.5 Å². The molecule has 0 unspecified atom stereocenters. The highest BCUT2D eigenvalue weighted by Gasteiger charge is 2.34. The van der Waals surface area contributed by atoms with Gasteiger partial charge in [-0.25, -0.2) is 0 Å². The maximum absolute atomic E-state index is 12.9. The molecule has 2 heterocycles. The molecule has 7 nitrogen and oxygen atoms in total. The molecule has 0 radical (unpaired) electrons. The van der Waals surface area contributed by atoms with Crippen molar-refractivity contribution < 1.29 is 23.8 Å². The minimum atomic E-state index is -0.328. The zero-order chi connectivity index (χ0) is 24.9. The minimum Gasteiger partial charge on any atom is -0.493 e. The molecule has 1 N–H and O–H groups in total. The van der Waals surface area contributed by atoms with Crippen molar-refractivity contribution in [2.24, 2.45) is 0 Å². The fraction of sp³-hybridized carbons (Fsp3) is 0.320. The second-order valence-corrected chi connectivity index (χ2v) is 10.2. The molecular formula is C25H25ClN2O5S2. The number of nitrogens with one attached hydrogen (secondary N) is 1. The van der Waals surface area contributed by atoms with Crippen LogP contribution in [0.1, 0.15) is 24.0 Å². The van der Waals surface area contributed by atoms with Crippen LogP contribution in [-0.2, 0) is 14.3 Å². The van der Waals surface area contributed by atoms with Crippen LogP contribution in [0.15, 0.2) is 41.3 Å². The van der Waals surface area contributed by atoms with Gasteiger partial charge >= 0.3 is 0 Å². The Kier molecular flexibility index (Phi) is 8.33. The van der Waals surface area contributed by atoms with E-state index in [4.69, 9.17) is 38.0 Å². The first-order valence-corrected chi connectivity index (χ1v) is 12.7. The number of ether oxygens (including phenoxy) is 3. The molecule has 2 aromatic rings. The molecule has 0 aromatic heterocycles. The molecule has 0 saturated carbocycles. The number of carbonyl (C=O) groups excluding carboxylic acids is 2. The van der Waals surface area contributed by atoms with Gasteiger partial charge in [0.05, 0.1) is 29.7 Å². The quantitative estimate of drug-likeness (QED) is 0.376. The number of hydrogen-bond donors (Lipinski definition) is 1. The SMILES string of the molecule is COc1cc(/C=C2\SC(=S)N(C[C@@H]3CCCO3)C2=O)cc(Cl)c1OCC(=O)Nc1ccc(C)cc1. The van der Waals surface area contributed by atoms with Crippen molar-refractivity contribution in [1.82, 2.24) is 4.90 Å². The Labute approximate surface area is 218 Å². The summed E-state index contributed by atoms with van der Waals surface area (Å²) >= 11 is 13.1. The van der Waals surface area contributed by atoms with Crippen LogP contribution in [0.5, 0.6) is 11.5 Å². The molecule has 0 spiro atoms. The first-order chi connectivity index (χ1) is 16.8. The van der Waals surface area contributed by atoms with E-state index in [0.717, 1.165) is 25.0 Å². The Morgan fingerprint density at radius 1 is 1.34 bits per heavy atom. The number of thioether (sulfide) groups is 1. The number of thiocarbonyl (C=S) groups is 1. The van der Waals surface area contributed by atoms with Gasteiger partial charge in [-0.3, -0.25) is 14.5 Å². The highest BCUT2D eigenvalue weighted by atomic mass is 35.5. The van der Waals surface area contributed by atoms with Gasteiger partial charge in [0.25, 0.3) is 11.8 Å². The zero-order valence-corrected chi connectivity index (χ0v) is 21.7. The summed E-state index contributed by atoms with van der Waals surface area (Å²) in [5, 5.41) is 3.03. The van der Waals surface area contributed by atoms with E-state index in [1.807, 2.05) is 31.2 Å². The lowest BCUT2D eigenvalue weighted by molar-refractivity contribution is -0.123. The summed E-state index contributed by atoms with van der Waals surface area (Å²) in [5.41, 5.74) is 2.43. The van der Waals surface area contributed by atoms with Gasteiger partial charge in [0.15, 0.2) is 18.1 Å². The van der Waals surface area contributed by atoms with Crippen LogP contribution in [-0.4, -0.2) is 54.0 Å². The number of benzene rings is 2. The number of aryl methyl sites for hydroxylation is 1. The van der Waals surface area contributed by atoms with E-state index in [-0.39, 0.29) is 35.3 Å². The van der Waals surface area contributed by atoms with Crippen LogP contribution in [0.2, 0.25) is 5.02 Å². The molecule has 2 aliphatic rings. The van der Waals surface area contributed by atoms with Crippen molar-refractivity contribution >= 4 is 63.5 Å². The highest BCUT2D eigenvalue weighted by molar-refractivity contribution is 8.26. The molecular weight excluding hydrogens is 508 g/mol. The Morgan fingerprint density at radius 3 is 2.80 bits per heavy atom. The Balaban J connectivity index is 1.44. The molecule has 184 valence electrons. The fourth-order valence-electron chi connectivity index (χ4n) is 3.74. The Morgan fingerprint density at radius 2 is 2.11 bits per heavy atom. The molecule has 2 saturated heterocycles. The summed E-state index contributed by atoms with van der Waals surface area (Å²) in [5.74, 6) is 0.114. The van der Waals surface area contributed by atoms with E-state index in [9.17, 15) is 9.59 Å². The van der Waals surface area contributed by atoms with Gasteiger partial charge in [0.2, 0.25) is 0 Å². The Bertz CT molecular complexity index is 1160. The van der Waals surface area contributed by atoms with Crippen molar-refractivity contribution in [1.29, 1.82) is 0 Å². The Hall–Kier alpha value is -2.59. The lowest BCUT2D eigenvalue weighted by Gasteiger charge is -2.18. The number of amides is 2. The van der Waals surface area contributed by atoms with Crippen molar-refractivity contribution in [2.75, 3.05) is 32.2 Å². The summed E-state index contributed by atoms with van der Waals surface area (Å²) in [6.07, 6.45) is 3.66. The third kappa shape index (κ3) is 6.35. The number of hydrogen-bond acceptors (Lipinski definition) is 7. The largest absolute Gasteiger partial charge is 0.493 e. The lowest BCUT2D eigenvalue weighted by atomic mass is 10.1. The van der Waals surface area contributed by atoms with Gasteiger partial charge in [-0.1, -0.05) is 53.3 Å². The molecule has 10 heteroatoms. The topological polar surface area (TPSA) is 77.1 Å². The number of halogens is 1. The van der Waals surface area contributed by atoms with Crippen LogP contribution in [0.3, 0.4) is 0 Å². The van der Waals surface area contributed by atoms with E-state index in [1.54, 1.807) is 23.1 Å². The second kappa shape index (κ2) is 11.4. The van der Waals surface area contributed by atoms with Gasteiger partial charge in [0, 0.05) is 12.3 Å². The lowest BCUT2D eigenvalue weighted by Crippen LogP contribution is -2.35. The molecule has 2 fully saturated rings. The van der Waals surface area contributed by atoms with Crippen molar-refractivity contribution in [3.63, 3.8) is 0 Å². The van der Waals surface area contributed by atoms with Crippen molar-refractivity contribution in [2.45, 2.75) is 25.9 Å². The maximum atomic E-state index is 12.9. The molecule has 2 amide bonds. The smallest absolute Gasteiger partial charge is 0.266 e. The normalized spacial score (nSPS) is 18.9.